The third-order valence-electron chi connectivity index (χ3n) is 4.62. The fraction of sp³-hybridized carbons (Fsp3) is 0.167. The van der Waals surface area contributed by atoms with Crippen molar-refractivity contribution >= 4 is 33.1 Å². The van der Waals surface area contributed by atoms with Crippen LogP contribution in [0.15, 0.2) is 60.7 Å². The predicted octanol–water partition coefficient (Wildman–Crippen LogP) is 5.91. The summed E-state index contributed by atoms with van der Waals surface area (Å²) in [7, 11) is 0. The van der Waals surface area contributed by atoms with Gasteiger partial charge in [0.1, 0.15) is 10.8 Å². The molecule has 1 aromatic heterocycles. The summed E-state index contributed by atoms with van der Waals surface area (Å²) in [6.45, 7) is 5.96. The van der Waals surface area contributed by atoms with Gasteiger partial charge in [0.2, 0.25) is 0 Å². The number of amides is 1. The number of thiazole rings is 1. The number of carbonyl (C=O) groups is 1. The average molecular weight is 403 g/mol. The summed E-state index contributed by atoms with van der Waals surface area (Å²) in [5, 5.41) is 3.90. The molecule has 0 aliphatic carbocycles. The molecule has 1 N–H and O–H groups in total. The highest BCUT2D eigenvalue weighted by Crippen LogP contribution is 2.32. The zero-order chi connectivity index (χ0) is 20.4. The van der Waals surface area contributed by atoms with Gasteiger partial charge in [-0.15, -0.1) is 11.3 Å². The highest BCUT2D eigenvalue weighted by atomic mass is 32.1. The first kappa shape index (κ1) is 19.2. The largest absolute Gasteiger partial charge is 0.484 e. The van der Waals surface area contributed by atoms with Crippen LogP contribution in [-0.4, -0.2) is 17.5 Å². The molecule has 0 spiro atoms. The number of hydrogen-bond donors (Lipinski definition) is 1. The molecule has 1 heterocycles. The van der Waals surface area contributed by atoms with E-state index in [0.29, 0.717) is 5.75 Å². The van der Waals surface area contributed by atoms with Gasteiger partial charge in [0.25, 0.3) is 5.91 Å². The summed E-state index contributed by atoms with van der Waals surface area (Å²) in [5.41, 5.74) is 5.97. The minimum atomic E-state index is -0.186. The molecule has 5 heteroatoms. The molecule has 0 atom stereocenters. The Morgan fingerprint density at radius 1 is 1.00 bits per heavy atom. The third kappa shape index (κ3) is 4.46. The first-order valence-electron chi connectivity index (χ1n) is 9.45. The van der Waals surface area contributed by atoms with Crippen LogP contribution in [0, 0.1) is 20.8 Å². The molecule has 0 unspecified atom stereocenters. The van der Waals surface area contributed by atoms with E-state index in [-0.39, 0.29) is 12.5 Å². The number of nitrogens with zero attached hydrogens (tertiary/aromatic N) is 1. The molecular weight excluding hydrogens is 380 g/mol. The van der Waals surface area contributed by atoms with Crippen molar-refractivity contribution in [2.75, 3.05) is 11.9 Å². The van der Waals surface area contributed by atoms with E-state index >= 15 is 0 Å². The Morgan fingerprint density at radius 3 is 2.52 bits per heavy atom. The number of benzene rings is 3. The SMILES string of the molecule is Cc1cc(C)cc(OCC(=O)Nc2cc(-c3nc4ccccc4s3)ccc2C)c1. The molecule has 29 heavy (non-hydrogen) atoms. The van der Waals surface area contributed by atoms with Gasteiger partial charge in [-0.3, -0.25) is 4.79 Å². The van der Waals surface area contributed by atoms with Crippen LogP contribution in [0.2, 0.25) is 0 Å². The number of rotatable bonds is 5. The maximum atomic E-state index is 12.4. The molecule has 0 aliphatic rings. The van der Waals surface area contributed by atoms with Crippen molar-refractivity contribution in [2.45, 2.75) is 20.8 Å². The zero-order valence-corrected chi connectivity index (χ0v) is 17.5. The van der Waals surface area contributed by atoms with Gasteiger partial charge in [0, 0.05) is 11.3 Å². The molecule has 0 aliphatic heterocycles. The lowest BCUT2D eigenvalue weighted by Gasteiger charge is -2.11. The second kappa shape index (κ2) is 8.05. The number of aromatic nitrogens is 1. The van der Waals surface area contributed by atoms with Gasteiger partial charge in [-0.2, -0.15) is 0 Å². The highest BCUT2D eigenvalue weighted by Gasteiger charge is 2.11. The Kier molecular flexibility index (Phi) is 5.32. The second-order valence-corrected chi connectivity index (χ2v) is 8.21. The summed E-state index contributed by atoms with van der Waals surface area (Å²) in [5.74, 6) is 0.520. The Labute approximate surface area is 174 Å². The van der Waals surface area contributed by atoms with E-state index in [1.807, 2.05) is 69.3 Å². The standard InChI is InChI=1S/C24H22N2O2S/c1-15-10-16(2)12-19(11-15)28-14-23(27)25-21-13-18(9-8-17(21)3)24-26-20-6-4-5-7-22(20)29-24/h4-13H,14H2,1-3H3,(H,25,27). The lowest BCUT2D eigenvalue weighted by molar-refractivity contribution is -0.118. The molecule has 0 radical (unpaired) electrons. The number of carbonyl (C=O) groups excluding carboxylic acids is 1. The van der Waals surface area contributed by atoms with Crippen molar-refractivity contribution in [3.8, 4) is 16.3 Å². The number of anilines is 1. The van der Waals surface area contributed by atoms with Gasteiger partial charge in [0.05, 0.1) is 10.2 Å². The Morgan fingerprint density at radius 2 is 1.76 bits per heavy atom. The molecular formula is C24H22N2O2S. The fourth-order valence-electron chi connectivity index (χ4n) is 3.24. The van der Waals surface area contributed by atoms with Crippen molar-refractivity contribution in [1.82, 2.24) is 4.98 Å². The molecule has 0 bridgehead atoms. The molecule has 3 aromatic carbocycles. The van der Waals surface area contributed by atoms with Gasteiger partial charge in [0.15, 0.2) is 6.61 Å². The van der Waals surface area contributed by atoms with E-state index in [9.17, 15) is 4.79 Å². The van der Waals surface area contributed by atoms with Crippen LogP contribution in [0.5, 0.6) is 5.75 Å². The van der Waals surface area contributed by atoms with Gasteiger partial charge in [-0.05, 0) is 67.8 Å². The number of ether oxygens (including phenoxy) is 1. The van der Waals surface area contributed by atoms with E-state index in [2.05, 4.69) is 17.4 Å². The normalized spacial score (nSPS) is 10.9. The number of hydrogen-bond acceptors (Lipinski definition) is 4. The zero-order valence-electron chi connectivity index (χ0n) is 16.7. The highest BCUT2D eigenvalue weighted by molar-refractivity contribution is 7.21. The van der Waals surface area contributed by atoms with Gasteiger partial charge in [-0.1, -0.05) is 30.3 Å². The minimum Gasteiger partial charge on any atom is -0.484 e. The summed E-state index contributed by atoms with van der Waals surface area (Å²) in [4.78, 5) is 17.2. The molecule has 4 rings (SSSR count). The lowest BCUT2D eigenvalue weighted by atomic mass is 10.1. The van der Waals surface area contributed by atoms with Gasteiger partial charge in [-0.25, -0.2) is 4.98 Å². The van der Waals surface area contributed by atoms with Crippen molar-refractivity contribution in [2.24, 2.45) is 0 Å². The minimum absolute atomic E-state index is 0.0340. The fourth-order valence-corrected chi connectivity index (χ4v) is 4.20. The third-order valence-corrected chi connectivity index (χ3v) is 5.70. The molecule has 0 fully saturated rings. The topological polar surface area (TPSA) is 51.2 Å². The molecule has 1 amide bonds. The summed E-state index contributed by atoms with van der Waals surface area (Å²) >= 11 is 1.65. The molecule has 0 saturated heterocycles. The van der Waals surface area contributed by atoms with Crippen molar-refractivity contribution in [3.05, 3.63) is 77.4 Å². The van der Waals surface area contributed by atoms with E-state index in [0.717, 1.165) is 43.2 Å². The van der Waals surface area contributed by atoms with Crippen LogP contribution in [-0.2, 0) is 4.79 Å². The quantitative estimate of drug-likeness (QED) is 0.452. The van der Waals surface area contributed by atoms with Crippen LogP contribution in [0.1, 0.15) is 16.7 Å². The first-order valence-corrected chi connectivity index (χ1v) is 10.3. The maximum absolute atomic E-state index is 12.4. The number of aryl methyl sites for hydroxylation is 3. The average Bonchev–Trinajstić information content (AvgIpc) is 3.11. The summed E-state index contributed by atoms with van der Waals surface area (Å²) in [6, 6.07) is 20.0. The van der Waals surface area contributed by atoms with E-state index in [1.54, 1.807) is 11.3 Å². The predicted molar refractivity (Wildman–Crippen MR) is 120 cm³/mol. The molecule has 146 valence electrons. The van der Waals surface area contributed by atoms with Crippen molar-refractivity contribution < 1.29 is 9.53 Å². The Balaban J connectivity index is 1.49. The van der Waals surface area contributed by atoms with E-state index in [4.69, 9.17) is 9.72 Å². The number of para-hydroxylation sites is 1. The number of nitrogens with one attached hydrogen (secondary N) is 1. The maximum Gasteiger partial charge on any atom is 0.262 e. The summed E-state index contributed by atoms with van der Waals surface area (Å²) < 4.78 is 6.82. The molecule has 4 aromatic rings. The van der Waals surface area contributed by atoms with Crippen molar-refractivity contribution in [3.63, 3.8) is 0 Å². The lowest BCUT2D eigenvalue weighted by Crippen LogP contribution is -2.20. The van der Waals surface area contributed by atoms with Crippen LogP contribution in [0.3, 0.4) is 0 Å². The van der Waals surface area contributed by atoms with Gasteiger partial charge >= 0.3 is 0 Å². The van der Waals surface area contributed by atoms with Crippen LogP contribution in [0.25, 0.3) is 20.8 Å². The van der Waals surface area contributed by atoms with Gasteiger partial charge < -0.3 is 10.1 Å². The van der Waals surface area contributed by atoms with Crippen LogP contribution >= 0.6 is 11.3 Å². The summed E-state index contributed by atoms with van der Waals surface area (Å²) in [6.07, 6.45) is 0. The second-order valence-electron chi connectivity index (χ2n) is 7.18. The smallest absolute Gasteiger partial charge is 0.262 e. The Hall–Kier alpha value is -3.18. The van der Waals surface area contributed by atoms with Crippen LogP contribution < -0.4 is 10.1 Å². The van der Waals surface area contributed by atoms with Crippen molar-refractivity contribution in [1.29, 1.82) is 0 Å². The van der Waals surface area contributed by atoms with E-state index in [1.165, 1.54) is 0 Å². The monoisotopic (exact) mass is 402 g/mol. The van der Waals surface area contributed by atoms with E-state index < -0.39 is 0 Å². The first-order chi connectivity index (χ1) is 14.0. The molecule has 4 nitrogen and oxygen atoms in total. The Bertz CT molecular complexity index is 1140. The number of fused-ring (bicyclic) bond motifs is 1. The van der Waals surface area contributed by atoms with Crippen LogP contribution in [0.4, 0.5) is 5.69 Å². The molecule has 0 saturated carbocycles.